The van der Waals surface area contributed by atoms with Gasteiger partial charge >= 0.3 is 6.18 Å². The molecule has 140 valence electrons. The van der Waals surface area contributed by atoms with E-state index in [9.17, 15) is 23.1 Å². The lowest BCUT2D eigenvalue weighted by atomic mass is 10.1. The molecule has 4 rings (SSSR count). The smallest absolute Gasteiger partial charge is 0.391 e. The first-order chi connectivity index (χ1) is 12.8. The molecule has 0 spiro atoms. The number of hydrogen-bond acceptors (Lipinski definition) is 3. The molecular weight excluding hydrogens is 357 g/mol. The maximum atomic E-state index is 13.3. The van der Waals surface area contributed by atoms with Crippen molar-refractivity contribution in [2.24, 2.45) is 0 Å². The van der Waals surface area contributed by atoms with Crippen LogP contribution in [-0.2, 0) is 6.18 Å². The highest BCUT2D eigenvalue weighted by Gasteiger charge is 2.31. The fraction of sp³-hybridized carbons (Fsp3) is 0.250. The summed E-state index contributed by atoms with van der Waals surface area (Å²) in [6.45, 7) is 0.900. The topological polar surface area (TPSA) is 45.5 Å². The largest absolute Gasteiger partial charge is 0.416 e. The SMILES string of the molecule is O=c1cc(N2CCC(O)C2)c2ccc(C(F)(F)F)cc2n1-c1ccccc1. The van der Waals surface area contributed by atoms with Gasteiger partial charge in [0.05, 0.1) is 22.9 Å². The van der Waals surface area contributed by atoms with Gasteiger partial charge in [-0.1, -0.05) is 24.3 Å². The zero-order valence-electron chi connectivity index (χ0n) is 14.3. The normalized spacial score (nSPS) is 17.6. The van der Waals surface area contributed by atoms with Crippen molar-refractivity contribution in [3.8, 4) is 5.69 Å². The van der Waals surface area contributed by atoms with Gasteiger partial charge in [0.25, 0.3) is 5.56 Å². The van der Waals surface area contributed by atoms with Crippen molar-refractivity contribution in [2.45, 2.75) is 18.7 Å². The molecule has 4 nitrogen and oxygen atoms in total. The molecule has 0 aliphatic carbocycles. The lowest BCUT2D eigenvalue weighted by Crippen LogP contribution is -2.26. The molecule has 3 aromatic rings. The van der Waals surface area contributed by atoms with E-state index < -0.39 is 23.4 Å². The number of hydrogen-bond donors (Lipinski definition) is 1. The van der Waals surface area contributed by atoms with Crippen LogP contribution in [0.3, 0.4) is 0 Å². The van der Waals surface area contributed by atoms with Crippen LogP contribution in [0, 0.1) is 0 Å². The van der Waals surface area contributed by atoms with E-state index in [0.717, 1.165) is 12.1 Å². The molecule has 1 saturated heterocycles. The van der Waals surface area contributed by atoms with Gasteiger partial charge in [-0.15, -0.1) is 0 Å². The number of aromatic nitrogens is 1. The van der Waals surface area contributed by atoms with E-state index in [1.807, 2.05) is 4.90 Å². The first kappa shape index (κ1) is 17.6. The van der Waals surface area contributed by atoms with Crippen molar-refractivity contribution in [1.82, 2.24) is 4.57 Å². The number of halogens is 3. The average molecular weight is 374 g/mol. The summed E-state index contributed by atoms with van der Waals surface area (Å²) in [5, 5.41) is 10.4. The van der Waals surface area contributed by atoms with Crippen molar-refractivity contribution in [3.05, 3.63) is 70.5 Å². The van der Waals surface area contributed by atoms with Gasteiger partial charge in [-0.2, -0.15) is 13.2 Å². The molecule has 0 saturated carbocycles. The van der Waals surface area contributed by atoms with Crippen LogP contribution >= 0.6 is 0 Å². The van der Waals surface area contributed by atoms with E-state index in [4.69, 9.17) is 0 Å². The molecular formula is C20H17F3N2O2. The second-order valence-corrected chi connectivity index (χ2v) is 6.66. The maximum absolute atomic E-state index is 13.3. The maximum Gasteiger partial charge on any atom is 0.416 e. The van der Waals surface area contributed by atoms with Gasteiger partial charge in [0.1, 0.15) is 0 Å². The predicted octanol–water partition coefficient (Wildman–Crippen LogP) is 3.58. The second kappa shape index (κ2) is 6.42. The van der Waals surface area contributed by atoms with Crippen molar-refractivity contribution in [2.75, 3.05) is 18.0 Å². The fourth-order valence-corrected chi connectivity index (χ4v) is 3.55. The molecule has 7 heteroatoms. The highest BCUT2D eigenvalue weighted by molar-refractivity contribution is 5.93. The van der Waals surface area contributed by atoms with E-state index in [2.05, 4.69) is 0 Å². The number of benzene rings is 2. The zero-order chi connectivity index (χ0) is 19.2. The average Bonchev–Trinajstić information content (AvgIpc) is 3.06. The van der Waals surface area contributed by atoms with Gasteiger partial charge in [0, 0.05) is 30.2 Å². The number of nitrogens with zero attached hydrogens (tertiary/aromatic N) is 2. The van der Waals surface area contributed by atoms with Crippen LogP contribution in [0.15, 0.2) is 59.4 Å². The highest BCUT2D eigenvalue weighted by atomic mass is 19.4. The fourth-order valence-electron chi connectivity index (χ4n) is 3.55. The van der Waals surface area contributed by atoms with Gasteiger partial charge in [0.15, 0.2) is 0 Å². The molecule has 0 amide bonds. The van der Waals surface area contributed by atoms with Gasteiger partial charge < -0.3 is 10.0 Å². The van der Waals surface area contributed by atoms with Crippen molar-refractivity contribution in [3.63, 3.8) is 0 Å². The quantitative estimate of drug-likeness (QED) is 0.746. The Balaban J connectivity index is 2.02. The number of β-amino-alcohol motifs (C(OH)–C–C–N with tert-alkyl or cyclic N) is 1. The molecule has 1 aliphatic heterocycles. The van der Waals surface area contributed by atoms with Crippen LogP contribution in [0.5, 0.6) is 0 Å². The van der Waals surface area contributed by atoms with Crippen molar-refractivity contribution in [1.29, 1.82) is 0 Å². The summed E-state index contributed by atoms with van der Waals surface area (Å²) in [4.78, 5) is 14.7. The molecule has 0 radical (unpaired) electrons. The number of anilines is 1. The predicted molar refractivity (Wildman–Crippen MR) is 97.4 cm³/mol. The summed E-state index contributed by atoms with van der Waals surface area (Å²) in [7, 11) is 0. The molecule has 1 unspecified atom stereocenters. The Kier molecular flexibility index (Phi) is 4.19. The highest BCUT2D eigenvalue weighted by Crippen LogP contribution is 2.35. The van der Waals surface area contributed by atoms with Crippen LogP contribution in [0.2, 0.25) is 0 Å². The number of alkyl halides is 3. The lowest BCUT2D eigenvalue weighted by molar-refractivity contribution is -0.137. The van der Waals surface area contributed by atoms with E-state index >= 15 is 0 Å². The third-order valence-corrected chi connectivity index (χ3v) is 4.84. The lowest BCUT2D eigenvalue weighted by Gasteiger charge is -2.22. The number of aliphatic hydroxyl groups excluding tert-OH is 1. The molecule has 1 aromatic heterocycles. The van der Waals surface area contributed by atoms with E-state index in [1.165, 1.54) is 16.7 Å². The van der Waals surface area contributed by atoms with Gasteiger partial charge in [-0.3, -0.25) is 9.36 Å². The van der Waals surface area contributed by atoms with Crippen LogP contribution in [0.25, 0.3) is 16.6 Å². The summed E-state index contributed by atoms with van der Waals surface area (Å²) < 4.78 is 41.1. The summed E-state index contributed by atoms with van der Waals surface area (Å²) >= 11 is 0. The van der Waals surface area contributed by atoms with Gasteiger partial charge in [-0.05, 0) is 30.7 Å². The zero-order valence-corrected chi connectivity index (χ0v) is 14.3. The van der Waals surface area contributed by atoms with Crippen LogP contribution in [0.4, 0.5) is 18.9 Å². The first-order valence-electron chi connectivity index (χ1n) is 8.60. The number of pyridine rings is 1. The summed E-state index contributed by atoms with van der Waals surface area (Å²) in [5.74, 6) is 0. The second-order valence-electron chi connectivity index (χ2n) is 6.66. The van der Waals surface area contributed by atoms with Crippen LogP contribution < -0.4 is 10.5 Å². The number of para-hydroxylation sites is 1. The Bertz CT molecular complexity index is 1040. The summed E-state index contributed by atoms with van der Waals surface area (Å²) in [6.07, 6.45) is -4.46. The Hall–Kier alpha value is -2.80. The molecule has 0 bridgehead atoms. The van der Waals surface area contributed by atoms with Gasteiger partial charge in [-0.25, -0.2) is 0 Å². The Morgan fingerprint density at radius 1 is 1.04 bits per heavy atom. The molecule has 27 heavy (non-hydrogen) atoms. The number of aliphatic hydroxyl groups is 1. The molecule has 2 aromatic carbocycles. The summed E-state index contributed by atoms with van der Waals surface area (Å²) in [6, 6.07) is 13.5. The van der Waals surface area contributed by atoms with Crippen LogP contribution in [-0.4, -0.2) is 28.9 Å². The third kappa shape index (κ3) is 3.19. The molecule has 1 aliphatic rings. The third-order valence-electron chi connectivity index (χ3n) is 4.84. The van der Waals surface area contributed by atoms with Crippen molar-refractivity contribution >= 4 is 16.6 Å². The minimum Gasteiger partial charge on any atom is -0.391 e. The van der Waals surface area contributed by atoms with E-state index in [1.54, 1.807) is 30.3 Å². The Labute approximate surface area is 153 Å². The van der Waals surface area contributed by atoms with E-state index in [0.29, 0.717) is 36.3 Å². The molecule has 1 atom stereocenters. The Morgan fingerprint density at radius 3 is 2.41 bits per heavy atom. The molecule has 2 heterocycles. The minimum atomic E-state index is -4.51. The minimum absolute atomic E-state index is 0.194. The number of rotatable bonds is 2. The number of fused-ring (bicyclic) bond motifs is 1. The first-order valence-corrected chi connectivity index (χ1v) is 8.60. The Morgan fingerprint density at radius 2 is 1.78 bits per heavy atom. The van der Waals surface area contributed by atoms with E-state index in [-0.39, 0.29) is 5.52 Å². The monoisotopic (exact) mass is 374 g/mol. The molecule has 1 fully saturated rings. The molecule has 1 N–H and O–H groups in total. The van der Waals surface area contributed by atoms with Gasteiger partial charge in [0.2, 0.25) is 0 Å². The van der Waals surface area contributed by atoms with Crippen molar-refractivity contribution < 1.29 is 18.3 Å². The summed E-state index contributed by atoms with van der Waals surface area (Å²) in [5.41, 5.74) is 0.0225. The standard InChI is InChI=1S/C20H17F3N2O2/c21-20(22,23)13-6-7-16-17(24-9-8-15(26)12-24)11-19(27)25(18(16)10-13)14-4-2-1-3-5-14/h1-7,10-11,15,26H,8-9,12H2. The van der Waals surface area contributed by atoms with Crippen LogP contribution in [0.1, 0.15) is 12.0 Å².